The van der Waals surface area contributed by atoms with Crippen LogP contribution in [0.15, 0.2) is 22.7 Å². The monoisotopic (exact) mass is 504 g/mol. The van der Waals surface area contributed by atoms with Crippen molar-refractivity contribution in [3.8, 4) is 0 Å². The molecule has 0 amide bonds. The maximum absolute atomic E-state index is 14.1. The van der Waals surface area contributed by atoms with E-state index in [0.717, 1.165) is 6.42 Å². The van der Waals surface area contributed by atoms with Crippen LogP contribution in [0.25, 0.3) is 0 Å². The fraction of sp³-hybridized carbons (Fsp3) is 0.533. The van der Waals surface area contributed by atoms with Gasteiger partial charge in [0.2, 0.25) is 0 Å². The summed E-state index contributed by atoms with van der Waals surface area (Å²) in [4.78, 5) is 11.5. The second-order valence-electron chi connectivity index (χ2n) is 5.87. The van der Waals surface area contributed by atoms with Crippen molar-refractivity contribution in [3.05, 3.63) is 34.1 Å². The lowest BCUT2D eigenvalue weighted by Crippen LogP contribution is -2.19. The smallest absolute Gasteiger partial charge is 0.311 e. The van der Waals surface area contributed by atoms with Gasteiger partial charge in [-0.1, -0.05) is 26.0 Å². The molecular formula is C15H19BrFIO3S. The number of hydrogen-bond donors (Lipinski definition) is 1. The summed E-state index contributed by atoms with van der Waals surface area (Å²) in [5.41, 5.74) is 0.180. The van der Waals surface area contributed by atoms with Crippen LogP contribution in [0.5, 0.6) is 0 Å². The number of carbonyl (C=O) groups is 1. The fourth-order valence-electron chi connectivity index (χ4n) is 2.21. The van der Waals surface area contributed by atoms with Crippen molar-refractivity contribution in [3.63, 3.8) is 0 Å². The Kier molecular flexibility index (Phi) is 8.66. The van der Waals surface area contributed by atoms with E-state index in [1.807, 2.05) is 0 Å². The van der Waals surface area contributed by atoms with Crippen molar-refractivity contribution in [2.24, 2.45) is 5.41 Å². The van der Waals surface area contributed by atoms with Gasteiger partial charge in [-0.05, 0) is 46.7 Å². The molecule has 0 aliphatic heterocycles. The first-order valence-electron chi connectivity index (χ1n) is 6.85. The topological polar surface area (TPSA) is 46.5 Å². The summed E-state index contributed by atoms with van der Waals surface area (Å²) < 4.78 is 19.7. The molecule has 1 atom stereocenters. The van der Waals surface area contributed by atoms with Crippen LogP contribution in [-0.2, 0) is 8.98 Å². The first-order chi connectivity index (χ1) is 10.3. The second-order valence-corrected chi connectivity index (χ2v) is 8.17. The lowest BCUT2D eigenvalue weighted by molar-refractivity contribution is -0.139. The number of carboxylic acids is 1. The molecule has 124 valence electrons. The lowest BCUT2D eigenvalue weighted by Gasteiger charge is -2.26. The molecule has 22 heavy (non-hydrogen) atoms. The number of benzene rings is 1. The van der Waals surface area contributed by atoms with Gasteiger partial charge >= 0.3 is 5.97 Å². The third kappa shape index (κ3) is 6.33. The molecule has 0 saturated carbocycles. The predicted octanol–water partition coefficient (Wildman–Crippen LogP) is 5.97. The van der Waals surface area contributed by atoms with E-state index in [1.165, 1.54) is 9.21 Å². The Morgan fingerprint density at radius 2 is 2.18 bits per heavy atom. The highest BCUT2D eigenvalue weighted by molar-refractivity contribution is 14.2. The van der Waals surface area contributed by atoms with Gasteiger partial charge in [-0.15, -0.1) is 0 Å². The number of carboxylic acid groups (broad SMARTS) is 1. The second kappa shape index (κ2) is 9.44. The van der Waals surface area contributed by atoms with Crippen LogP contribution in [0.4, 0.5) is 4.39 Å². The molecule has 1 rings (SSSR count). The molecule has 0 aliphatic carbocycles. The SMILES string of the molecule is CC(C)(CCOSI)CCC(C(=O)O)c1cccc(Br)c1F. The van der Waals surface area contributed by atoms with Gasteiger partial charge in [0, 0.05) is 26.8 Å². The van der Waals surface area contributed by atoms with Gasteiger partial charge in [-0.3, -0.25) is 4.79 Å². The summed E-state index contributed by atoms with van der Waals surface area (Å²) in [6.07, 6.45) is 1.91. The van der Waals surface area contributed by atoms with Crippen LogP contribution in [0.2, 0.25) is 0 Å². The number of aliphatic carboxylic acids is 1. The molecular weight excluding hydrogens is 486 g/mol. The molecule has 0 aromatic heterocycles. The van der Waals surface area contributed by atoms with Gasteiger partial charge in [0.1, 0.15) is 5.82 Å². The van der Waals surface area contributed by atoms with Gasteiger partial charge in [-0.2, -0.15) is 0 Å². The molecule has 0 bridgehead atoms. The van der Waals surface area contributed by atoms with Crippen LogP contribution in [-0.4, -0.2) is 17.7 Å². The molecule has 1 unspecified atom stereocenters. The molecule has 0 heterocycles. The first kappa shape index (κ1) is 20.2. The standard InChI is InChI=1S/C15H19BrFIO3S/c1-15(2,8-9-21-22-18)7-6-11(14(19)20)10-4-3-5-12(16)13(10)17/h3-5,11H,6-9H2,1-2H3,(H,19,20). The Bertz CT molecular complexity index is 514. The van der Waals surface area contributed by atoms with Crippen molar-refractivity contribution >= 4 is 52.3 Å². The van der Waals surface area contributed by atoms with Crippen molar-refractivity contribution in [2.75, 3.05) is 6.61 Å². The van der Waals surface area contributed by atoms with E-state index in [1.54, 1.807) is 18.2 Å². The van der Waals surface area contributed by atoms with E-state index in [9.17, 15) is 14.3 Å². The van der Waals surface area contributed by atoms with E-state index in [2.05, 4.69) is 51.0 Å². The van der Waals surface area contributed by atoms with Crippen LogP contribution in [0, 0.1) is 11.2 Å². The van der Waals surface area contributed by atoms with Crippen LogP contribution in [0.3, 0.4) is 0 Å². The first-order valence-corrected chi connectivity index (χ1v) is 10.9. The van der Waals surface area contributed by atoms with Gasteiger partial charge in [0.15, 0.2) is 0 Å². The molecule has 7 heteroatoms. The third-order valence-electron chi connectivity index (χ3n) is 3.67. The van der Waals surface area contributed by atoms with Crippen LogP contribution >= 0.6 is 46.3 Å². The average molecular weight is 505 g/mol. The zero-order valence-electron chi connectivity index (χ0n) is 12.4. The highest BCUT2D eigenvalue weighted by Crippen LogP contribution is 2.34. The minimum absolute atomic E-state index is 0.0530. The predicted molar refractivity (Wildman–Crippen MR) is 99.7 cm³/mol. The molecule has 1 aromatic rings. The summed E-state index contributed by atoms with van der Waals surface area (Å²) in [5, 5.41) is 9.44. The molecule has 1 aromatic carbocycles. The molecule has 0 spiro atoms. The van der Waals surface area contributed by atoms with Gasteiger partial charge in [0.05, 0.1) is 26.2 Å². The largest absolute Gasteiger partial charge is 0.481 e. The highest BCUT2D eigenvalue weighted by atomic mass is 127. The number of halogens is 3. The Labute approximate surface area is 155 Å². The Morgan fingerprint density at radius 3 is 2.77 bits per heavy atom. The zero-order valence-corrected chi connectivity index (χ0v) is 17.0. The summed E-state index contributed by atoms with van der Waals surface area (Å²) in [6, 6.07) is 4.78. The van der Waals surface area contributed by atoms with Crippen molar-refractivity contribution in [1.29, 1.82) is 0 Å². The minimum atomic E-state index is -0.994. The van der Waals surface area contributed by atoms with Gasteiger partial charge < -0.3 is 9.29 Å². The van der Waals surface area contributed by atoms with E-state index in [-0.39, 0.29) is 11.0 Å². The Hall–Kier alpha value is 0.140. The molecule has 0 radical (unpaired) electrons. The summed E-state index contributed by atoms with van der Waals surface area (Å²) >= 11 is 5.17. The maximum Gasteiger partial charge on any atom is 0.311 e. The minimum Gasteiger partial charge on any atom is -0.481 e. The van der Waals surface area contributed by atoms with E-state index < -0.39 is 17.7 Å². The number of rotatable bonds is 9. The molecule has 0 saturated heterocycles. The van der Waals surface area contributed by atoms with E-state index in [0.29, 0.717) is 23.9 Å². The highest BCUT2D eigenvalue weighted by Gasteiger charge is 2.27. The van der Waals surface area contributed by atoms with Gasteiger partial charge in [0.25, 0.3) is 0 Å². The Balaban J connectivity index is 2.77. The zero-order chi connectivity index (χ0) is 16.8. The van der Waals surface area contributed by atoms with Crippen molar-refractivity contribution in [2.45, 2.75) is 39.0 Å². The lowest BCUT2D eigenvalue weighted by atomic mass is 9.80. The average Bonchev–Trinajstić information content (AvgIpc) is 2.43. The van der Waals surface area contributed by atoms with Gasteiger partial charge in [-0.25, -0.2) is 4.39 Å². The van der Waals surface area contributed by atoms with Crippen LogP contribution in [0.1, 0.15) is 44.6 Å². The summed E-state index contributed by atoms with van der Waals surface area (Å²) in [6.45, 7) is 4.76. The van der Waals surface area contributed by atoms with Crippen molar-refractivity contribution < 1.29 is 18.5 Å². The molecule has 3 nitrogen and oxygen atoms in total. The number of hydrogen-bond acceptors (Lipinski definition) is 3. The van der Waals surface area contributed by atoms with E-state index in [4.69, 9.17) is 4.18 Å². The maximum atomic E-state index is 14.1. The van der Waals surface area contributed by atoms with Crippen LogP contribution < -0.4 is 0 Å². The van der Waals surface area contributed by atoms with Crippen molar-refractivity contribution in [1.82, 2.24) is 0 Å². The molecule has 0 aliphatic rings. The quantitative estimate of drug-likeness (QED) is 0.256. The Morgan fingerprint density at radius 1 is 1.50 bits per heavy atom. The normalized spacial score (nSPS) is 13.1. The third-order valence-corrected chi connectivity index (χ3v) is 5.30. The fourth-order valence-corrected chi connectivity index (χ4v) is 3.28. The molecule has 1 N–H and O–H groups in total. The summed E-state index contributed by atoms with van der Waals surface area (Å²) in [5.74, 6) is -2.32. The molecule has 0 fully saturated rings. The van der Waals surface area contributed by atoms with E-state index >= 15 is 0 Å². The summed E-state index contributed by atoms with van der Waals surface area (Å²) in [7, 11) is 1.29.